The predicted molar refractivity (Wildman–Crippen MR) is 76.1 cm³/mol. The maximum Gasteiger partial charge on any atom is 0.256 e. The van der Waals surface area contributed by atoms with E-state index in [1.165, 1.54) is 30.1 Å². The van der Waals surface area contributed by atoms with Crippen LogP contribution in [-0.2, 0) is 0 Å². The molecule has 96 valence electrons. The number of nitrogens with zero attached hydrogens (tertiary/aromatic N) is 1. The van der Waals surface area contributed by atoms with Gasteiger partial charge in [0.05, 0.1) is 0 Å². The lowest BCUT2D eigenvalue weighted by atomic mass is 9.99. The van der Waals surface area contributed by atoms with Crippen LogP contribution in [0.2, 0.25) is 0 Å². The minimum absolute atomic E-state index is 0.201. The zero-order valence-electron chi connectivity index (χ0n) is 10.5. The standard InChI is InChI=1S/C15H15N3O/c16-18-9-17-15(19)12-6-7-14-11(8-12)2-1-3-13(14)10-4-5-10/h1-3,6-10H,4-5,16H2,(H,17,18,19). The zero-order chi connectivity index (χ0) is 13.2. The average molecular weight is 253 g/mol. The number of carbonyl (C=O) groups is 1. The first-order valence-electron chi connectivity index (χ1n) is 6.35. The molecule has 1 amide bonds. The first-order valence-corrected chi connectivity index (χ1v) is 6.35. The van der Waals surface area contributed by atoms with Crippen LogP contribution in [0.3, 0.4) is 0 Å². The van der Waals surface area contributed by atoms with E-state index in [-0.39, 0.29) is 5.91 Å². The molecule has 0 aliphatic heterocycles. The van der Waals surface area contributed by atoms with Gasteiger partial charge >= 0.3 is 0 Å². The summed E-state index contributed by atoms with van der Waals surface area (Å²) in [5.74, 6) is 5.46. The molecule has 3 N–H and O–H groups in total. The molecule has 0 heterocycles. The summed E-state index contributed by atoms with van der Waals surface area (Å²) < 4.78 is 0. The van der Waals surface area contributed by atoms with E-state index in [4.69, 9.17) is 5.84 Å². The van der Waals surface area contributed by atoms with Gasteiger partial charge in [-0.25, -0.2) is 0 Å². The van der Waals surface area contributed by atoms with Crippen molar-refractivity contribution in [1.29, 1.82) is 0 Å². The highest BCUT2D eigenvalue weighted by Gasteiger charge is 2.25. The van der Waals surface area contributed by atoms with Gasteiger partial charge in [0, 0.05) is 5.56 Å². The van der Waals surface area contributed by atoms with Crippen LogP contribution in [0.1, 0.15) is 34.7 Å². The van der Waals surface area contributed by atoms with E-state index < -0.39 is 0 Å². The number of rotatable bonds is 3. The molecule has 2 aromatic rings. The van der Waals surface area contributed by atoms with Gasteiger partial charge < -0.3 is 11.2 Å². The van der Waals surface area contributed by atoms with Crippen LogP contribution in [0.4, 0.5) is 0 Å². The third-order valence-electron chi connectivity index (χ3n) is 3.46. The number of hydrazone groups is 1. The Morgan fingerprint density at radius 2 is 2.16 bits per heavy atom. The summed E-state index contributed by atoms with van der Waals surface area (Å²) in [4.78, 5) is 11.8. The number of hydrogen-bond acceptors (Lipinski definition) is 3. The highest BCUT2D eigenvalue weighted by molar-refractivity contribution is 6.03. The quantitative estimate of drug-likeness (QED) is 0.381. The molecule has 1 aliphatic rings. The van der Waals surface area contributed by atoms with Gasteiger partial charge in [-0.05, 0) is 47.2 Å². The third kappa shape index (κ3) is 2.29. The Labute approximate surface area is 111 Å². The summed E-state index contributed by atoms with van der Waals surface area (Å²) in [6.07, 6.45) is 3.73. The monoisotopic (exact) mass is 253 g/mol. The van der Waals surface area contributed by atoms with E-state index in [0.29, 0.717) is 11.5 Å². The summed E-state index contributed by atoms with van der Waals surface area (Å²) in [7, 11) is 0. The largest absolute Gasteiger partial charge is 0.322 e. The first-order chi connectivity index (χ1) is 9.29. The minimum Gasteiger partial charge on any atom is -0.322 e. The predicted octanol–water partition coefficient (Wildman–Crippen LogP) is 2.35. The topological polar surface area (TPSA) is 67.5 Å². The summed E-state index contributed by atoms with van der Waals surface area (Å²) >= 11 is 0. The number of fused-ring (bicyclic) bond motifs is 1. The van der Waals surface area contributed by atoms with Gasteiger partial charge in [-0.15, -0.1) is 0 Å². The van der Waals surface area contributed by atoms with Crippen LogP contribution in [0.5, 0.6) is 0 Å². The van der Waals surface area contributed by atoms with E-state index in [2.05, 4.69) is 22.6 Å². The Hall–Kier alpha value is -2.36. The normalized spacial score (nSPS) is 14.9. The van der Waals surface area contributed by atoms with E-state index in [0.717, 1.165) is 5.39 Å². The lowest BCUT2D eigenvalue weighted by molar-refractivity contribution is 0.0978. The SMILES string of the molecule is N/N=C/NC(=O)c1ccc2c(C3CC3)cccc2c1. The molecule has 19 heavy (non-hydrogen) atoms. The van der Waals surface area contributed by atoms with Crippen molar-refractivity contribution in [2.45, 2.75) is 18.8 Å². The van der Waals surface area contributed by atoms with Crippen molar-refractivity contribution in [1.82, 2.24) is 5.32 Å². The fourth-order valence-corrected chi connectivity index (χ4v) is 2.38. The summed E-state index contributed by atoms with van der Waals surface area (Å²) in [6, 6.07) is 12.0. The van der Waals surface area contributed by atoms with Gasteiger partial charge in [-0.2, -0.15) is 5.10 Å². The summed E-state index contributed by atoms with van der Waals surface area (Å²) in [5, 5.41) is 8.10. The van der Waals surface area contributed by atoms with Crippen molar-refractivity contribution >= 4 is 23.0 Å². The van der Waals surface area contributed by atoms with Crippen LogP contribution in [0.15, 0.2) is 41.5 Å². The fraction of sp³-hybridized carbons (Fsp3) is 0.200. The maximum atomic E-state index is 11.8. The number of nitrogens with one attached hydrogen (secondary N) is 1. The van der Waals surface area contributed by atoms with E-state index >= 15 is 0 Å². The molecule has 0 atom stereocenters. The van der Waals surface area contributed by atoms with E-state index in [1.807, 2.05) is 24.3 Å². The van der Waals surface area contributed by atoms with Gasteiger partial charge in [0.25, 0.3) is 5.91 Å². The molecule has 1 saturated carbocycles. The Bertz CT molecular complexity index is 659. The molecule has 1 aliphatic carbocycles. The molecule has 0 saturated heterocycles. The van der Waals surface area contributed by atoms with Crippen LogP contribution < -0.4 is 11.2 Å². The van der Waals surface area contributed by atoms with Crippen molar-refractivity contribution in [2.75, 3.05) is 0 Å². The van der Waals surface area contributed by atoms with Crippen LogP contribution in [0, 0.1) is 0 Å². The number of nitrogens with two attached hydrogens (primary N) is 1. The number of amides is 1. The third-order valence-corrected chi connectivity index (χ3v) is 3.46. The van der Waals surface area contributed by atoms with Crippen molar-refractivity contribution < 1.29 is 4.79 Å². The number of benzene rings is 2. The Morgan fingerprint density at radius 3 is 2.89 bits per heavy atom. The molecule has 0 bridgehead atoms. The molecule has 1 fully saturated rings. The Morgan fingerprint density at radius 1 is 1.32 bits per heavy atom. The van der Waals surface area contributed by atoms with Crippen molar-refractivity contribution in [3.63, 3.8) is 0 Å². The lowest BCUT2D eigenvalue weighted by Crippen LogP contribution is -2.22. The smallest absolute Gasteiger partial charge is 0.256 e. The second kappa shape index (κ2) is 4.72. The number of carbonyl (C=O) groups excluding carboxylic acids is 1. The fourth-order valence-electron chi connectivity index (χ4n) is 2.38. The Balaban J connectivity index is 1.99. The molecule has 0 spiro atoms. The molecule has 3 rings (SSSR count). The highest BCUT2D eigenvalue weighted by Crippen LogP contribution is 2.43. The van der Waals surface area contributed by atoms with Crippen LogP contribution in [0.25, 0.3) is 10.8 Å². The average Bonchev–Trinajstić information content (AvgIpc) is 3.28. The Kier molecular flexibility index (Phi) is 2.91. The zero-order valence-corrected chi connectivity index (χ0v) is 10.5. The van der Waals surface area contributed by atoms with Crippen LogP contribution in [-0.4, -0.2) is 12.2 Å². The van der Waals surface area contributed by atoms with E-state index in [1.54, 1.807) is 0 Å². The molecule has 2 aromatic carbocycles. The van der Waals surface area contributed by atoms with Gasteiger partial charge in [-0.3, -0.25) is 4.79 Å². The van der Waals surface area contributed by atoms with E-state index in [9.17, 15) is 4.79 Å². The van der Waals surface area contributed by atoms with Gasteiger partial charge in [0.2, 0.25) is 0 Å². The highest BCUT2D eigenvalue weighted by atomic mass is 16.1. The lowest BCUT2D eigenvalue weighted by Gasteiger charge is -2.07. The molecular weight excluding hydrogens is 238 g/mol. The van der Waals surface area contributed by atoms with Gasteiger partial charge in [0.15, 0.2) is 0 Å². The van der Waals surface area contributed by atoms with Crippen molar-refractivity contribution in [3.8, 4) is 0 Å². The first kappa shape index (κ1) is 11.7. The molecular formula is C15H15N3O. The molecule has 4 heteroatoms. The molecule has 0 unspecified atom stereocenters. The maximum absolute atomic E-state index is 11.8. The van der Waals surface area contributed by atoms with Gasteiger partial charge in [-0.1, -0.05) is 24.3 Å². The van der Waals surface area contributed by atoms with Crippen molar-refractivity contribution in [3.05, 3.63) is 47.5 Å². The molecule has 0 aromatic heterocycles. The van der Waals surface area contributed by atoms with Gasteiger partial charge in [0.1, 0.15) is 6.34 Å². The second-order valence-electron chi connectivity index (χ2n) is 4.81. The van der Waals surface area contributed by atoms with Crippen LogP contribution >= 0.6 is 0 Å². The van der Waals surface area contributed by atoms with Crippen molar-refractivity contribution in [2.24, 2.45) is 10.9 Å². The molecule has 4 nitrogen and oxygen atoms in total. The number of hydrogen-bond donors (Lipinski definition) is 2. The summed E-state index contributed by atoms with van der Waals surface area (Å²) in [5.41, 5.74) is 2.01. The minimum atomic E-state index is -0.201. The molecule has 0 radical (unpaired) electrons. The summed E-state index contributed by atoms with van der Waals surface area (Å²) in [6.45, 7) is 0. The second-order valence-corrected chi connectivity index (χ2v) is 4.81.